The van der Waals surface area contributed by atoms with Crippen LogP contribution in [-0.4, -0.2) is 22.8 Å². The lowest BCUT2D eigenvalue weighted by Gasteiger charge is -2.04. The summed E-state index contributed by atoms with van der Waals surface area (Å²) in [7, 11) is 0. The number of carbonyl (C=O) groups excluding carboxylic acids is 1. The SMILES string of the molecule is CC(C)c1ccc(/C=N\NC(=O)CSCc2ccc([N+](=O)[O-])cc2)cc1. The molecule has 2 rings (SSSR count). The zero-order chi connectivity index (χ0) is 18.9. The first-order chi connectivity index (χ1) is 12.5. The van der Waals surface area contributed by atoms with Gasteiger partial charge in [-0.05, 0) is 22.6 Å². The van der Waals surface area contributed by atoms with Crippen LogP contribution in [0.25, 0.3) is 0 Å². The third kappa shape index (κ3) is 6.33. The van der Waals surface area contributed by atoms with E-state index in [0.29, 0.717) is 11.7 Å². The summed E-state index contributed by atoms with van der Waals surface area (Å²) in [5, 5.41) is 14.6. The normalized spacial score (nSPS) is 11.0. The molecule has 0 unspecified atom stereocenters. The van der Waals surface area contributed by atoms with Gasteiger partial charge in [-0.25, -0.2) is 5.43 Å². The molecule has 0 aliphatic heterocycles. The van der Waals surface area contributed by atoms with Crippen LogP contribution < -0.4 is 5.43 Å². The van der Waals surface area contributed by atoms with E-state index in [4.69, 9.17) is 0 Å². The van der Waals surface area contributed by atoms with E-state index in [9.17, 15) is 14.9 Å². The van der Waals surface area contributed by atoms with Crippen molar-refractivity contribution >= 4 is 29.6 Å². The third-order valence-electron chi connectivity index (χ3n) is 3.66. The van der Waals surface area contributed by atoms with Crippen LogP contribution in [0.2, 0.25) is 0 Å². The zero-order valence-electron chi connectivity index (χ0n) is 14.7. The van der Waals surface area contributed by atoms with E-state index >= 15 is 0 Å². The molecule has 0 saturated heterocycles. The summed E-state index contributed by atoms with van der Waals surface area (Å²) >= 11 is 1.42. The van der Waals surface area contributed by atoms with Gasteiger partial charge in [-0.3, -0.25) is 14.9 Å². The number of nitrogens with one attached hydrogen (secondary N) is 1. The molecular weight excluding hydrogens is 350 g/mol. The van der Waals surface area contributed by atoms with Crippen molar-refractivity contribution < 1.29 is 9.72 Å². The number of hydrazone groups is 1. The Morgan fingerprint density at radius 1 is 1.19 bits per heavy atom. The quantitative estimate of drug-likeness (QED) is 0.430. The van der Waals surface area contributed by atoms with Gasteiger partial charge in [0.25, 0.3) is 5.69 Å². The Bertz CT molecular complexity index is 772. The molecule has 0 atom stereocenters. The molecule has 0 fully saturated rings. The first kappa shape index (κ1) is 19.7. The maximum absolute atomic E-state index is 11.8. The highest BCUT2D eigenvalue weighted by molar-refractivity contribution is 7.99. The van der Waals surface area contributed by atoms with Gasteiger partial charge in [0, 0.05) is 17.9 Å². The fourth-order valence-corrected chi connectivity index (χ4v) is 2.93. The summed E-state index contributed by atoms with van der Waals surface area (Å²) in [5.74, 6) is 1.16. The zero-order valence-corrected chi connectivity index (χ0v) is 15.5. The van der Waals surface area contributed by atoms with Crippen molar-refractivity contribution in [1.82, 2.24) is 5.43 Å². The molecule has 0 aromatic heterocycles. The van der Waals surface area contributed by atoms with Gasteiger partial charge >= 0.3 is 0 Å². The Labute approximate surface area is 156 Å². The summed E-state index contributed by atoms with van der Waals surface area (Å²) in [5.41, 5.74) is 5.68. The fourth-order valence-electron chi connectivity index (χ4n) is 2.15. The summed E-state index contributed by atoms with van der Waals surface area (Å²) in [6.07, 6.45) is 1.61. The van der Waals surface area contributed by atoms with Crippen molar-refractivity contribution in [2.45, 2.75) is 25.5 Å². The minimum Gasteiger partial charge on any atom is -0.272 e. The molecule has 26 heavy (non-hydrogen) atoms. The predicted octanol–water partition coefficient (Wildman–Crippen LogP) is 4.10. The molecule has 2 aromatic rings. The number of nitro benzene ring substituents is 1. The lowest BCUT2D eigenvalue weighted by Crippen LogP contribution is -2.19. The average molecular weight is 371 g/mol. The van der Waals surface area contributed by atoms with E-state index in [1.165, 1.54) is 29.5 Å². The molecule has 136 valence electrons. The van der Waals surface area contributed by atoms with Crippen molar-refractivity contribution in [2.24, 2.45) is 5.10 Å². The smallest absolute Gasteiger partial charge is 0.269 e. The number of hydrogen-bond acceptors (Lipinski definition) is 5. The van der Waals surface area contributed by atoms with Gasteiger partial charge in [0.05, 0.1) is 16.9 Å². The standard InChI is InChI=1S/C19H21N3O3S/c1-14(2)17-7-3-15(4-8-17)11-20-21-19(23)13-26-12-16-5-9-18(10-6-16)22(24)25/h3-11,14H,12-13H2,1-2H3,(H,21,23)/b20-11-. The van der Waals surface area contributed by atoms with Crippen molar-refractivity contribution in [3.8, 4) is 0 Å². The van der Waals surface area contributed by atoms with Crippen molar-refractivity contribution in [1.29, 1.82) is 0 Å². The Morgan fingerprint density at radius 2 is 1.85 bits per heavy atom. The molecule has 0 heterocycles. The van der Waals surface area contributed by atoms with E-state index in [1.807, 2.05) is 24.3 Å². The number of rotatable bonds is 8. The van der Waals surface area contributed by atoms with E-state index in [1.54, 1.807) is 18.3 Å². The second kappa shape index (κ2) is 9.72. The maximum atomic E-state index is 11.8. The fraction of sp³-hybridized carbons (Fsp3) is 0.263. The molecular formula is C19H21N3O3S. The number of amides is 1. The van der Waals surface area contributed by atoms with Crippen LogP contribution in [0.5, 0.6) is 0 Å². The Hall–Kier alpha value is -2.67. The molecule has 0 spiro atoms. The second-order valence-electron chi connectivity index (χ2n) is 6.03. The topological polar surface area (TPSA) is 84.6 Å². The molecule has 0 radical (unpaired) electrons. The van der Waals surface area contributed by atoms with Gasteiger partial charge in [0.2, 0.25) is 5.91 Å². The second-order valence-corrected chi connectivity index (χ2v) is 7.02. The summed E-state index contributed by atoms with van der Waals surface area (Å²) < 4.78 is 0. The highest BCUT2D eigenvalue weighted by Gasteiger charge is 2.05. The molecule has 0 bridgehead atoms. The van der Waals surface area contributed by atoms with E-state index < -0.39 is 4.92 Å². The molecule has 6 nitrogen and oxygen atoms in total. The number of nitrogens with zero attached hydrogens (tertiary/aromatic N) is 2. The minimum absolute atomic E-state index is 0.0623. The molecule has 0 aliphatic carbocycles. The van der Waals surface area contributed by atoms with Crippen LogP contribution >= 0.6 is 11.8 Å². The van der Waals surface area contributed by atoms with Gasteiger partial charge < -0.3 is 0 Å². The van der Waals surface area contributed by atoms with E-state index in [2.05, 4.69) is 24.4 Å². The van der Waals surface area contributed by atoms with Crippen LogP contribution in [0.4, 0.5) is 5.69 Å². The van der Waals surface area contributed by atoms with Gasteiger partial charge in [-0.15, -0.1) is 11.8 Å². The number of nitro groups is 1. The van der Waals surface area contributed by atoms with Crippen LogP contribution in [0.3, 0.4) is 0 Å². The number of carbonyl (C=O) groups is 1. The number of thioether (sulfide) groups is 1. The molecule has 0 aliphatic rings. The van der Waals surface area contributed by atoms with Gasteiger partial charge in [-0.2, -0.15) is 5.10 Å². The van der Waals surface area contributed by atoms with Gasteiger partial charge in [0.15, 0.2) is 0 Å². The van der Waals surface area contributed by atoms with Crippen molar-refractivity contribution in [2.75, 3.05) is 5.75 Å². The molecule has 2 aromatic carbocycles. The average Bonchev–Trinajstić information content (AvgIpc) is 2.62. The monoisotopic (exact) mass is 371 g/mol. The van der Waals surface area contributed by atoms with Gasteiger partial charge in [0.1, 0.15) is 0 Å². The lowest BCUT2D eigenvalue weighted by atomic mass is 10.0. The third-order valence-corrected chi connectivity index (χ3v) is 4.66. The van der Waals surface area contributed by atoms with Crippen LogP contribution in [0, 0.1) is 10.1 Å². The summed E-state index contributed by atoms with van der Waals surface area (Å²) in [6, 6.07) is 14.4. The first-order valence-corrected chi connectivity index (χ1v) is 9.34. The Morgan fingerprint density at radius 3 is 2.42 bits per heavy atom. The highest BCUT2D eigenvalue weighted by Crippen LogP contribution is 2.16. The summed E-state index contributed by atoms with van der Waals surface area (Å²) in [4.78, 5) is 21.9. The summed E-state index contributed by atoms with van der Waals surface area (Å²) in [6.45, 7) is 4.27. The Balaban J connectivity index is 1.72. The predicted molar refractivity (Wildman–Crippen MR) is 106 cm³/mol. The number of non-ortho nitro benzene ring substituents is 1. The number of hydrogen-bond donors (Lipinski definition) is 1. The van der Waals surface area contributed by atoms with Crippen molar-refractivity contribution in [3.63, 3.8) is 0 Å². The molecule has 0 saturated carbocycles. The Kier molecular flexibility index (Phi) is 7.35. The minimum atomic E-state index is -0.432. The van der Waals surface area contributed by atoms with E-state index in [0.717, 1.165) is 11.1 Å². The molecule has 7 heteroatoms. The molecule has 1 N–H and O–H groups in total. The maximum Gasteiger partial charge on any atom is 0.269 e. The first-order valence-electron chi connectivity index (χ1n) is 8.18. The van der Waals surface area contributed by atoms with Crippen molar-refractivity contribution in [3.05, 3.63) is 75.3 Å². The van der Waals surface area contributed by atoms with Crippen LogP contribution in [0.1, 0.15) is 36.5 Å². The van der Waals surface area contributed by atoms with Crippen LogP contribution in [-0.2, 0) is 10.5 Å². The highest BCUT2D eigenvalue weighted by atomic mass is 32.2. The van der Waals surface area contributed by atoms with Gasteiger partial charge in [-0.1, -0.05) is 50.2 Å². The lowest BCUT2D eigenvalue weighted by molar-refractivity contribution is -0.384. The van der Waals surface area contributed by atoms with E-state index in [-0.39, 0.29) is 17.3 Å². The molecule has 1 amide bonds. The van der Waals surface area contributed by atoms with Crippen LogP contribution in [0.15, 0.2) is 53.6 Å². The number of benzene rings is 2. The largest absolute Gasteiger partial charge is 0.272 e.